The summed E-state index contributed by atoms with van der Waals surface area (Å²) < 4.78 is 53.7. The summed E-state index contributed by atoms with van der Waals surface area (Å²) in [5.74, 6) is -1.71. The molecule has 1 aliphatic rings. The van der Waals surface area contributed by atoms with E-state index in [1.54, 1.807) is 0 Å². The van der Waals surface area contributed by atoms with Crippen LogP contribution in [0, 0.1) is 11.6 Å². The molecule has 0 heterocycles. The minimum atomic E-state index is -4.08. The Morgan fingerprint density at radius 2 is 1.86 bits per heavy atom. The SMILES string of the molecule is NCCN(C1CCCCC1)S(=O)(=O)c1cc(F)ccc1F. The summed E-state index contributed by atoms with van der Waals surface area (Å²) >= 11 is 0. The van der Waals surface area contributed by atoms with Gasteiger partial charge in [0.1, 0.15) is 16.5 Å². The fourth-order valence-corrected chi connectivity index (χ4v) is 4.57. The number of halogens is 2. The number of benzene rings is 1. The monoisotopic (exact) mass is 318 g/mol. The van der Waals surface area contributed by atoms with Crippen molar-refractivity contribution in [2.24, 2.45) is 5.73 Å². The Morgan fingerprint density at radius 1 is 1.19 bits per heavy atom. The number of rotatable bonds is 5. The van der Waals surface area contributed by atoms with Gasteiger partial charge >= 0.3 is 0 Å². The summed E-state index contributed by atoms with van der Waals surface area (Å²) in [5.41, 5.74) is 5.50. The van der Waals surface area contributed by atoms with Crippen LogP contribution in [0.3, 0.4) is 0 Å². The van der Waals surface area contributed by atoms with Crippen molar-refractivity contribution in [3.8, 4) is 0 Å². The molecule has 7 heteroatoms. The third-order valence-electron chi connectivity index (χ3n) is 3.81. The Bertz CT molecular complexity index is 587. The fourth-order valence-electron chi connectivity index (χ4n) is 2.80. The number of nitrogens with zero attached hydrogens (tertiary/aromatic N) is 1. The maximum Gasteiger partial charge on any atom is 0.246 e. The van der Waals surface area contributed by atoms with Gasteiger partial charge < -0.3 is 5.73 Å². The van der Waals surface area contributed by atoms with Gasteiger partial charge in [0.2, 0.25) is 10.0 Å². The molecule has 0 atom stereocenters. The van der Waals surface area contributed by atoms with Gasteiger partial charge in [0.05, 0.1) is 0 Å². The van der Waals surface area contributed by atoms with Crippen LogP contribution in [0.15, 0.2) is 23.1 Å². The first kappa shape index (κ1) is 16.3. The predicted molar refractivity (Wildman–Crippen MR) is 76.2 cm³/mol. The third kappa shape index (κ3) is 3.59. The van der Waals surface area contributed by atoms with E-state index in [4.69, 9.17) is 5.73 Å². The van der Waals surface area contributed by atoms with Gasteiger partial charge in [0.15, 0.2) is 0 Å². The van der Waals surface area contributed by atoms with Crippen LogP contribution in [0.4, 0.5) is 8.78 Å². The molecule has 1 aromatic rings. The van der Waals surface area contributed by atoms with Crippen LogP contribution >= 0.6 is 0 Å². The van der Waals surface area contributed by atoms with E-state index in [0.717, 1.165) is 50.3 Å². The summed E-state index contributed by atoms with van der Waals surface area (Å²) in [6, 6.07) is 2.29. The number of hydrogen-bond donors (Lipinski definition) is 1. The van der Waals surface area contributed by atoms with E-state index in [1.807, 2.05) is 0 Å². The zero-order chi connectivity index (χ0) is 15.5. The summed E-state index contributed by atoms with van der Waals surface area (Å²) in [4.78, 5) is -0.610. The van der Waals surface area contributed by atoms with Crippen LogP contribution in [0.1, 0.15) is 32.1 Å². The summed E-state index contributed by atoms with van der Waals surface area (Å²) in [7, 11) is -4.08. The van der Waals surface area contributed by atoms with Crippen LogP contribution in [0.25, 0.3) is 0 Å². The molecule has 4 nitrogen and oxygen atoms in total. The summed E-state index contributed by atoms with van der Waals surface area (Å²) in [6.45, 7) is 0.260. The zero-order valence-electron chi connectivity index (χ0n) is 11.8. The average molecular weight is 318 g/mol. The summed E-state index contributed by atoms with van der Waals surface area (Å²) in [6.07, 6.45) is 4.41. The average Bonchev–Trinajstić information content (AvgIpc) is 2.48. The topological polar surface area (TPSA) is 63.4 Å². The second kappa shape index (κ2) is 6.81. The fraction of sp³-hybridized carbons (Fsp3) is 0.571. The second-order valence-electron chi connectivity index (χ2n) is 5.27. The Morgan fingerprint density at radius 3 is 2.48 bits per heavy atom. The molecule has 1 aromatic carbocycles. The number of hydrogen-bond acceptors (Lipinski definition) is 3. The Hall–Kier alpha value is -1.05. The molecule has 0 spiro atoms. The van der Waals surface area contributed by atoms with Crippen molar-refractivity contribution in [1.29, 1.82) is 0 Å². The lowest BCUT2D eigenvalue weighted by atomic mass is 9.95. The van der Waals surface area contributed by atoms with E-state index in [1.165, 1.54) is 4.31 Å². The van der Waals surface area contributed by atoms with Crippen LogP contribution in [0.2, 0.25) is 0 Å². The van der Waals surface area contributed by atoms with Gasteiger partial charge in [-0.1, -0.05) is 19.3 Å². The van der Waals surface area contributed by atoms with Gasteiger partial charge in [-0.05, 0) is 31.0 Å². The van der Waals surface area contributed by atoms with Crippen LogP contribution in [-0.2, 0) is 10.0 Å². The van der Waals surface area contributed by atoms with Crippen LogP contribution < -0.4 is 5.73 Å². The Balaban J connectivity index is 2.39. The number of sulfonamides is 1. The second-order valence-corrected chi connectivity index (χ2v) is 7.13. The normalized spacial score (nSPS) is 17.3. The third-order valence-corrected chi connectivity index (χ3v) is 5.78. The molecular formula is C14H20F2N2O2S. The molecule has 0 radical (unpaired) electrons. The molecule has 0 amide bonds. The molecule has 1 saturated carbocycles. The standard InChI is InChI=1S/C14H20F2N2O2S/c15-11-6-7-13(16)14(10-11)21(19,20)18(9-8-17)12-4-2-1-3-5-12/h6-7,10,12H,1-5,8-9,17H2. The van der Waals surface area contributed by atoms with E-state index in [0.29, 0.717) is 0 Å². The first-order valence-corrected chi connectivity index (χ1v) is 8.58. The van der Waals surface area contributed by atoms with E-state index < -0.39 is 26.6 Å². The van der Waals surface area contributed by atoms with Crippen LogP contribution in [-0.4, -0.2) is 31.9 Å². The quantitative estimate of drug-likeness (QED) is 0.905. The molecule has 1 aliphatic carbocycles. The summed E-state index contributed by atoms with van der Waals surface area (Å²) in [5, 5.41) is 0. The molecule has 2 rings (SSSR count). The molecule has 21 heavy (non-hydrogen) atoms. The lowest BCUT2D eigenvalue weighted by molar-refractivity contribution is 0.256. The van der Waals surface area contributed by atoms with Gasteiger partial charge in [-0.25, -0.2) is 17.2 Å². The highest BCUT2D eigenvalue weighted by atomic mass is 32.2. The highest BCUT2D eigenvalue weighted by Gasteiger charge is 2.33. The molecule has 118 valence electrons. The molecule has 1 fully saturated rings. The maximum absolute atomic E-state index is 13.8. The van der Waals surface area contributed by atoms with Crippen molar-refractivity contribution in [3.63, 3.8) is 0 Å². The predicted octanol–water partition coefficient (Wildman–Crippen LogP) is 2.25. The smallest absolute Gasteiger partial charge is 0.246 e. The zero-order valence-corrected chi connectivity index (χ0v) is 12.6. The van der Waals surface area contributed by atoms with Crippen molar-refractivity contribution in [3.05, 3.63) is 29.8 Å². The highest BCUT2D eigenvalue weighted by Crippen LogP contribution is 2.28. The maximum atomic E-state index is 13.8. The Labute approximate surface area is 124 Å². The van der Waals surface area contributed by atoms with E-state index >= 15 is 0 Å². The molecule has 2 N–H and O–H groups in total. The van der Waals surface area contributed by atoms with E-state index in [9.17, 15) is 17.2 Å². The lowest BCUT2D eigenvalue weighted by Gasteiger charge is -2.33. The van der Waals surface area contributed by atoms with E-state index in [-0.39, 0.29) is 19.1 Å². The van der Waals surface area contributed by atoms with Gasteiger partial charge in [-0.15, -0.1) is 0 Å². The minimum Gasteiger partial charge on any atom is -0.329 e. The molecular weight excluding hydrogens is 298 g/mol. The van der Waals surface area contributed by atoms with Crippen molar-refractivity contribution in [2.75, 3.05) is 13.1 Å². The van der Waals surface area contributed by atoms with E-state index in [2.05, 4.69) is 0 Å². The van der Waals surface area contributed by atoms with Gasteiger partial charge in [-0.2, -0.15) is 4.31 Å². The van der Waals surface area contributed by atoms with Crippen molar-refractivity contribution < 1.29 is 17.2 Å². The van der Waals surface area contributed by atoms with Gasteiger partial charge in [0.25, 0.3) is 0 Å². The molecule has 0 aliphatic heterocycles. The van der Waals surface area contributed by atoms with Crippen molar-refractivity contribution in [2.45, 2.75) is 43.0 Å². The Kier molecular flexibility index (Phi) is 5.29. The molecule has 0 unspecified atom stereocenters. The lowest BCUT2D eigenvalue weighted by Crippen LogP contribution is -2.44. The van der Waals surface area contributed by atoms with Crippen molar-refractivity contribution >= 4 is 10.0 Å². The molecule has 0 saturated heterocycles. The number of nitrogens with two attached hydrogens (primary N) is 1. The largest absolute Gasteiger partial charge is 0.329 e. The first-order chi connectivity index (χ1) is 9.96. The molecule has 0 bridgehead atoms. The minimum absolute atomic E-state index is 0.114. The van der Waals surface area contributed by atoms with Crippen LogP contribution in [0.5, 0.6) is 0 Å². The molecule has 0 aromatic heterocycles. The highest BCUT2D eigenvalue weighted by molar-refractivity contribution is 7.89. The first-order valence-electron chi connectivity index (χ1n) is 7.14. The van der Waals surface area contributed by atoms with Gasteiger partial charge in [-0.3, -0.25) is 0 Å². The van der Waals surface area contributed by atoms with Crippen molar-refractivity contribution in [1.82, 2.24) is 4.31 Å². The van der Waals surface area contributed by atoms with Gasteiger partial charge in [0, 0.05) is 19.1 Å².